The van der Waals surface area contributed by atoms with Crippen LogP contribution in [-0.4, -0.2) is 23.9 Å². The van der Waals surface area contributed by atoms with E-state index in [2.05, 4.69) is 10.6 Å². The molecule has 3 rings (SSSR count). The van der Waals surface area contributed by atoms with E-state index in [1.54, 1.807) is 12.1 Å². The van der Waals surface area contributed by atoms with Crippen molar-refractivity contribution in [3.8, 4) is 0 Å². The van der Waals surface area contributed by atoms with Crippen LogP contribution in [0.1, 0.15) is 19.3 Å². The van der Waals surface area contributed by atoms with Gasteiger partial charge in [-0.1, -0.05) is 0 Å². The number of hydrogen-bond donors (Lipinski definition) is 2. The predicted octanol–water partition coefficient (Wildman–Crippen LogP) is 1.92. The summed E-state index contributed by atoms with van der Waals surface area (Å²) < 4.78 is 0. The molecule has 1 aliphatic heterocycles. The molecule has 0 bridgehead atoms. The second-order valence-electron chi connectivity index (χ2n) is 5.66. The molecule has 1 saturated heterocycles. The van der Waals surface area contributed by atoms with Gasteiger partial charge in [0, 0.05) is 23.7 Å². The Bertz CT molecular complexity index is 535. The predicted molar refractivity (Wildman–Crippen MR) is 74.4 cm³/mol. The van der Waals surface area contributed by atoms with E-state index in [0.29, 0.717) is 5.69 Å². The molecule has 20 heavy (non-hydrogen) atoms. The zero-order valence-electron chi connectivity index (χ0n) is 11.1. The summed E-state index contributed by atoms with van der Waals surface area (Å²) in [5.41, 5.74) is 0.858. The zero-order chi connectivity index (χ0) is 14.2. The number of nitrogens with zero attached hydrogens (tertiary/aromatic N) is 1. The second-order valence-corrected chi connectivity index (χ2v) is 5.66. The first-order valence-electron chi connectivity index (χ1n) is 6.87. The molecule has 2 N–H and O–H groups in total. The maximum absolute atomic E-state index is 12.2. The Balaban J connectivity index is 1.61. The molecule has 1 aliphatic carbocycles. The number of piperidine rings is 1. The molecule has 1 saturated carbocycles. The van der Waals surface area contributed by atoms with Gasteiger partial charge in [-0.3, -0.25) is 14.9 Å². The molecule has 1 aromatic carbocycles. The Morgan fingerprint density at radius 1 is 1.30 bits per heavy atom. The molecule has 1 unspecified atom stereocenters. The van der Waals surface area contributed by atoms with Gasteiger partial charge in [0.25, 0.3) is 5.69 Å². The summed E-state index contributed by atoms with van der Waals surface area (Å²) in [6.07, 6.45) is 3.09. The third-order valence-corrected chi connectivity index (χ3v) is 4.45. The Morgan fingerprint density at radius 2 is 1.95 bits per heavy atom. The summed E-state index contributed by atoms with van der Waals surface area (Å²) >= 11 is 0. The third-order valence-electron chi connectivity index (χ3n) is 4.45. The number of anilines is 1. The molecule has 1 amide bonds. The number of benzene rings is 1. The maximum Gasteiger partial charge on any atom is 0.269 e. The van der Waals surface area contributed by atoms with Gasteiger partial charge in [0.1, 0.15) is 0 Å². The van der Waals surface area contributed by atoms with Crippen molar-refractivity contribution in [3.05, 3.63) is 34.4 Å². The van der Waals surface area contributed by atoms with Crippen molar-refractivity contribution >= 4 is 17.3 Å². The summed E-state index contributed by atoms with van der Waals surface area (Å²) in [5, 5.41) is 16.7. The fourth-order valence-electron chi connectivity index (χ4n) is 3.09. The monoisotopic (exact) mass is 275 g/mol. The van der Waals surface area contributed by atoms with E-state index >= 15 is 0 Å². The summed E-state index contributed by atoms with van der Waals surface area (Å²) in [5.74, 6) is 0.139. The van der Waals surface area contributed by atoms with Crippen molar-refractivity contribution in [2.75, 3.05) is 18.4 Å². The summed E-state index contributed by atoms with van der Waals surface area (Å²) in [6, 6.07) is 5.96. The van der Waals surface area contributed by atoms with Gasteiger partial charge in [-0.2, -0.15) is 0 Å². The van der Waals surface area contributed by atoms with Crippen molar-refractivity contribution in [1.29, 1.82) is 0 Å². The molecule has 6 nitrogen and oxygen atoms in total. The second kappa shape index (κ2) is 4.86. The van der Waals surface area contributed by atoms with Crippen LogP contribution in [0.5, 0.6) is 0 Å². The van der Waals surface area contributed by atoms with Crippen LogP contribution in [0.3, 0.4) is 0 Å². The number of nitro groups is 1. The van der Waals surface area contributed by atoms with Gasteiger partial charge < -0.3 is 10.6 Å². The van der Waals surface area contributed by atoms with E-state index in [1.165, 1.54) is 12.1 Å². The quantitative estimate of drug-likeness (QED) is 0.652. The van der Waals surface area contributed by atoms with Crippen LogP contribution in [0, 0.1) is 21.4 Å². The van der Waals surface area contributed by atoms with Crippen LogP contribution < -0.4 is 10.6 Å². The highest BCUT2D eigenvalue weighted by Crippen LogP contribution is 2.58. The first kappa shape index (κ1) is 13.1. The number of rotatable bonds is 3. The lowest BCUT2D eigenvalue weighted by atomic mass is 9.92. The van der Waals surface area contributed by atoms with E-state index in [0.717, 1.165) is 32.4 Å². The minimum absolute atomic E-state index is 0.0317. The van der Waals surface area contributed by atoms with E-state index in [-0.39, 0.29) is 22.9 Å². The molecule has 6 heteroatoms. The van der Waals surface area contributed by atoms with Gasteiger partial charge in [0.15, 0.2) is 0 Å². The largest absolute Gasteiger partial charge is 0.326 e. The van der Waals surface area contributed by atoms with Crippen molar-refractivity contribution in [3.63, 3.8) is 0 Å². The lowest BCUT2D eigenvalue weighted by Crippen LogP contribution is -2.31. The fraction of sp³-hybridized carbons (Fsp3) is 0.500. The van der Waals surface area contributed by atoms with Crippen LogP contribution in [0.4, 0.5) is 11.4 Å². The molecule has 0 radical (unpaired) electrons. The Kier molecular flexibility index (Phi) is 3.17. The highest BCUT2D eigenvalue weighted by molar-refractivity contribution is 5.95. The molecule has 2 fully saturated rings. The van der Waals surface area contributed by atoms with Crippen LogP contribution in [0.2, 0.25) is 0 Å². The minimum atomic E-state index is -0.448. The van der Waals surface area contributed by atoms with Crippen LogP contribution >= 0.6 is 0 Å². The highest BCUT2D eigenvalue weighted by atomic mass is 16.6. The van der Waals surface area contributed by atoms with Crippen molar-refractivity contribution in [2.45, 2.75) is 19.3 Å². The third kappa shape index (κ3) is 2.38. The molecule has 1 heterocycles. The fourth-order valence-corrected chi connectivity index (χ4v) is 3.09. The van der Waals surface area contributed by atoms with Gasteiger partial charge in [0.2, 0.25) is 5.91 Å². The van der Waals surface area contributed by atoms with Crippen LogP contribution in [-0.2, 0) is 4.79 Å². The molecular formula is C14H17N3O3. The van der Waals surface area contributed by atoms with E-state index in [9.17, 15) is 14.9 Å². The average Bonchev–Trinajstić information content (AvgIpc) is 3.14. The first-order valence-corrected chi connectivity index (χ1v) is 6.87. The molecule has 1 atom stereocenters. The molecular weight excluding hydrogens is 258 g/mol. The lowest BCUT2D eigenvalue weighted by Gasteiger charge is -2.23. The smallest absolute Gasteiger partial charge is 0.269 e. The van der Waals surface area contributed by atoms with Crippen LogP contribution in [0.15, 0.2) is 24.3 Å². The number of hydrogen-bond acceptors (Lipinski definition) is 4. The van der Waals surface area contributed by atoms with E-state index in [1.807, 2.05) is 0 Å². The van der Waals surface area contributed by atoms with Crippen molar-refractivity contribution < 1.29 is 9.72 Å². The number of nitro benzene ring substituents is 1. The van der Waals surface area contributed by atoms with Crippen molar-refractivity contribution in [1.82, 2.24) is 5.32 Å². The normalized spacial score (nSPS) is 23.3. The average molecular weight is 275 g/mol. The first-order chi connectivity index (χ1) is 9.61. The molecule has 0 aromatic heterocycles. The number of amides is 1. The number of non-ortho nitro benzene ring substituents is 1. The molecule has 106 valence electrons. The SMILES string of the molecule is O=C(Nc1ccc([N+](=O)[O-])cc1)C1CC12CCNCC2. The Morgan fingerprint density at radius 3 is 2.55 bits per heavy atom. The van der Waals surface area contributed by atoms with Crippen LogP contribution in [0.25, 0.3) is 0 Å². The van der Waals surface area contributed by atoms with Gasteiger partial charge in [-0.25, -0.2) is 0 Å². The van der Waals surface area contributed by atoms with Gasteiger partial charge >= 0.3 is 0 Å². The maximum atomic E-state index is 12.2. The van der Waals surface area contributed by atoms with E-state index < -0.39 is 4.92 Å². The summed E-state index contributed by atoms with van der Waals surface area (Å²) in [6.45, 7) is 1.97. The molecule has 1 spiro atoms. The number of carbonyl (C=O) groups excluding carboxylic acids is 1. The standard InChI is InChI=1S/C14H17N3O3/c18-13(12-9-14(12)5-7-15-8-6-14)16-10-1-3-11(4-2-10)17(19)20/h1-4,12,15H,5-9H2,(H,16,18). The summed E-state index contributed by atoms with van der Waals surface area (Å²) in [4.78, 5) is 22.3. The molecule has 1 aromatic rings. The lowest BCUT2D eigenvalue weighted by molar-refractivity contribution is -0.384. The van der Waals surface area contributed by atoms with E-state index in [4.69, 9.17) is 0 Å². The minimum Gasteiger partial charge on any atom is -0.326 e. The van der Waals surface area contributed by atoms with Gasteiger partial charge in [-0.05, 0) is 49.9 Å². The Hall–Kier alpha value is -1.95. The highest BCUT2D eigenvalue weighted by Gasteiger charge is 2.57. The Labute approximate surface area is 116 Å². The van der Waals surface area contributed by atoms with Crippen molar-refractivity contribution in [2.24, 2.45) is 11.3 Å². The number of nitrogens with one attached hydrogen (secondary N) is 2. The topological polar surface area (TPSA) is 84.3 Å². The van der Waals surface area contributed by atoms with Gasteiger partial charge in [0.05, 0.1) is 4.92 Å². The van der Waals surface area contributed by atoms with Gasteiger partial charge in [-0.15, -0.1) is 0 Å². The zero-order valence-corrected chi connectivity index (χ0v) is 11.1. The number of carbonyl (C=O) groups is 1. The summed E-state index contributed by atoms with van der Waals surface area (Å²) in [7, 11) is 0. The molecule has 2 aliphatic rings.